The Morgan fingerprint density at radius 2 is 2.12 bits per heavy atom. The highest BCUT2D eigenvalue weighted by Crippen LogP contribution is 2.27. The number of carbonyl (C=O) groups is 1. The predicted molar refractivity (Wildman–Crippen MR) is 122 cm³/mol. The van der Waals surface area contributed by atoms with E-state index in [1.807, 2.05) is 29.2 Å². The Bertz CT molecular complexity index is 1060. The standard InChI is InChI=1S/C25H28FN5O/c1-18-15-19(10-11-21(18)26)5-2-9-25(32)31-14-4-6-20(17-31)22-7-3-8-23(29-22)30-24-16-27-12-13-28-24/h3,7-8,10-13,15-16,20H,2,4-6,9,14,17H2,1H3,(H,28,29,30). The lowest BCUT2D eigenvalue weighted by Gasteiger charge is -2.32. The van der Waals surface area contributed by atoms with Crippen molar-refractivity contribution in [3.8, 4) is 0 Å². The molecule has 1 unspecified atom stereocenters. The van der Waals surface area contributed by atoms with E-state index in [1.54, 1.807) is 31.6 Å². The quantitative estimate of drug-likeness (QED) is 0.580. The van der Waals surface area contributed by atoms with Gasteiger partial charge in [0.05, 0.1) is 6.20 Å². The third-order valence-electron chi connectivity index (χ3n) is 5.86. The van der Waals surface area contributed by atoms with Crippen molar-refractivity contribution < 1.29 is 9.18 Å². The first-order chi connectivity index (χ1) is 15.6. The maximum absolute atomic E-state index is 13.4. The van der Waals surface area contributed by atoms with Gasteiger partial charge >= 0.3 is 0 Å². The van der Waals surface area contributed by atoms with Crippen LogP contribution in [-0.2, 0) is 11.2 Å². The van der Waals surface area contributed by atoms with E-state index in [0.29, 0.717) is 24.3 Å². The van der Waals surface area contributed by atoms with E-state index >= 15 is 0 Å². The number of rotatable bonds is 7. The number of hydrogen-bond acceptors (Lipinski definition) is 5. The van der Waals surface area contributed by atoms with Crippen LogP contribution in [-0.4, -0.2) is 38.8 Å². The monoisotopic (exact) mass is 433 g/mol. The molecule has 1 N–H and O–H groups in total. The maximum Gasteiger partial charge on any atom is 0.222 e. The minimum atomic E-state index is -0.186. The van der Waals surface area contributed by atoms with Gasteiger partial charge in [0, 0.05) is 43.5 Å². The summed E-state index contributed by atoms with van der Waals surface area (Å²) in [6.45, 7) is 3.25. The zero-order valence-electron chi connectivity index (χ0n) is 18.3. The lowest BCUT2D eigenvalue weighted by molar-refractivity contribution is -0.132. The fourth-order valence-electron chi connectivity index (χ4n) is 4.15. The number of pyridine rings is 1. The summed E-state index contributed by atoms with van der Waals surface area (Å²) in [6, 6.07) is 11.1. The van der Waals surface area contributed by atoms with Crippen molar-refractivity contribution in [2.24, 2.45) is 0 Å². The maximum atomic E-state index is 13.4. The first kappa shape index (κ1) is 21.9. The Morgan fingerprint density at radius 3 is 2.94 bits per heavy atom. The minimum Gasteiger partial charge on any atom is -0.342 e. The van der Waals surface area contributed by atoms with Gasteiger partial charge in [-0.05, 0) is 61.9 Å². The highest BCUT2D eigenvalue weighted by Gasteiger charge is 2.25. The summed E-state index contributed by atoms with van der Waals surface area (Å²) in [5, 5.41) is 3.18. The van der Waals surface area contributed by atoms with Gasteiger partial charge in [-0.2, -0.15) is 0 Å². The highest BCUT2D eigenvalue weighted by molar-refractivity contribution is 5.76. The van der Waals surface area contributed by atoms with Crippen LogP contribution in [0.25, 0.3) is 0 Å². The molecular weight excluding hydrogens is 405 g/mol. The summed E-state index contributed by atoms with van der Waals surface area (Å²) >= 11 is 0. The molecule has 3 heterocycles. The van der Waals surface area contributed by atoms with Crippen molar-refractivity contribution in [3.63, 3.8) is 0 Å². The molecule has 32 heavy (non-hydrogen) atoms. The van der Waals surface area contributed by atoms with Crippen molar-refractivity contribution in [2.75, 3.05) is 18.4 Å². The summed E-state index contributed by atoms with van der Waals surface area (Å²) in [5.74, 6) is 1.59. The molecule has 0 aliphatic carbocycles. The van der Waals surface area contributed by atoms with Crippen molar-refractivity contribution >= 4 is 17.5 Å². The number of hydrogen-bond donors (Lipinski definition) is 1. The van der Waals surface area contributed by atoms with Crippen LogP contribution in [0.4, 0.5) is 16.0 Å². The Kier molecular flexibility index (Phi) is 7.04. The topological polar surface area (TPSA) is 71.0 Å². The van der Waals surface area contributed by atoms with Crippen molar-refractivity contribution in [2.45, 2.75) is 44.9 Å². The van der Waals surface area contributed by atoms with Crippen LogP contribution in [0.5, 0.6) is 0 Å². The summed E-state index contributed by atoms with van der Waals surface area (Å²) in [7, 11) is 0. The second-order valence-corrected chi connectivity index (χ2v) is 8.28. The number of nitrogens with zero attached hydrogens (tertiary/aromatic N) is 4. The molecule has 2 aromatic heterocycles. The van der Waals surface area contributed by atoms with E-state index in [1.165, 1.54) is 6.07 Å². The van der Waals surface area contributed by atoms with Gasteiger partial charge in [-0.25, -0.2) is 14.4 Å². The lowest BCUT2D eigenvalue weighted by atomic mass is 9.94. The summed E-state index contributed by atoms with van der Waals surface area (Å²) in [6.07, 6.45) is 8.95. The predicted octanol–water partition coefficient (Wildman–Crippen LogP) is 4.79. The number of likely N-dealkylation sites (tertiary alicyclic amines) is 1. The number of anilines is 2. The molecule has 166 valence electrons. The fraction of sp³-hybridized carbons (Fsp3) is 0.360. The van der Waals surface area contributed by atoms with E-state index in [9.17, 15) is 9.18 Å². The van der Waals surface area contributed by atoms with Crippen molar-refractivity contribution in [1.82, 2.24) is 19.9 Å². The molecule has 0 spiro atoms. The first-order valence-corrected chi connectivity index (χ1v) is 11.1. The zero-order valence-corrected chi connectivity index (χ0v) is 18.3. The van der Waals surface area contributed by atoms with Gasteiger partial charge in [0.25, 0.3) is 0 Å². The molecule has 0 bridgehead atoms. The molecule has 1 aromatic carbocycles. The van der Waals surface area contributed by atoms with Gasteiger partial charge in [-0.1, -0.05) is 18.2 Å². The average molecular weight is 434 g/mol. The number of benzene rings is 1. The Morgan fingerprint density at radius 1 is 1.22 bits per heavy atom. The fourth-order valence-corrected chi connectivity index (χ4v) is 4.15. The number of piperidine rings is 1. The molecule has 1 atom stereocenters. The molecule has 4 rings (SSSR count). The highest BCUT2D eigenvalue weighted by atomic mass is 19.1. The molecule has 6 nitrogen and oxygen atoms in total. The molecule has 1 aliphatic heterocycles. The molecule has 1 amide bonds. The van der Waals surface area contributed by atoms with Gasteiger partial charge in [-0.3, -0.25) is 9.78 Å². The van der Waals surface area contributed by atoms with Crippen LogP contribution in [0.15, 0.2) is 55.0 Å². The largest absolute Gasteiger partial charge is 0.342 e. The number of aromatic nitrogens is 3. The lowest BCUT2D eigenvalue weighted by Crippen LogP contribution is -2.39. The van der Waals surface area contributed by atoms with Crippen LogP contribution in [0.1, 0.15) is 48.4 Å². The van der Waals surface area contributed by atoms with Gasteiger partial charge in [0.1, 0.15) is 17.5 Å². The van der Waals surface area contributed by atoms with E-state index in [-0.39, 0.29) is 17.6 Å². The van der Waals surface area contributed by atoms with Gasteiger partial charge in [0.2, 0.25) is 5.91 Å². The third kappa shape index (κ3) is 5.66. The Labute approximate surface area is 187 Å². The minimum absolute atomic E-state index is 0.183. The molecule has 1 fully saturated rings. The van der Waals surface area contributed by atoms with Crippen molar-refractivity contribution in [3.05, 3.63) is 77.6 Å². The van der Waals surface area contributed by atoms with Crippen LogP contribution < -0.4 is 5.32 Å². The first-order valence-electron chi connectivity index (χ1n) is 11.1. The Balaban J connectivity index is 1.32. The van der Waals surface area contributed by atoms with Gasteiger partial charge in [0.15, 0.2) is 0 Å². The van der Waals surface area contributed by atoms with E-state index in [0.717, 1.165) is 49.3 Å². The molecule has 1 saturated heterocycles. The number of nitrogens with one attached hydrogen (secondary N) is 1. The molecule has 3 aromatic rings. The average Bonchev–Trinajstić information content (AvgIpc) is 2.82. The normalized spacial score (nSPS) is 16.1. The van der Waals surface area contributed by atoms with E-state index in [4.69, 9.17) is 4.98 Å². The number of aryl methyl sites for hydroxylation is 2. The molecule has 0 saturated carbocycles. The van der Waals surface area contributed by atoms with Gasteiger partial charge in [-0.15, -0.1) is 0 Å². The molecular formula is C25H28FN5O. The Hall–Kier alpha value is -3.35. The van der Waals surface area contributed by atoms with Crippen LogP contribution in [0, 0.1) is 12.7 Å². The molecule has 1 aliphatic rings. The summed E-state index contributed by atoms with van der Waals surface area (Å²) in [4.78, 5) is 27.8. The van der Waals surface area contributed by atoms with Crippen molar-refractivity contribution in [1.29, 1.82) is 0 Å². The van der Waals surface area contributed by atoms with E-state index in [2.05, 4.69) is 15.3 Å². The number of amides is 1. The van der Waals surface area contributed by atoms with Gasteiger partial charge < -0.3 is 10.2 Å². The summed E-state index contributed by atoms with van der Waals surface area (Å²) < 4.78 is 13.4. The smallest absolute Gasteiger partial charge is 0.222 e. The zero-order chi connectivity index (χ0) is 22.3. The van der Waals surface area contributed by atoms with Crippen LogP contribution in [0.3, 0.4) is 0 Å². The third-order valence-corrected chi connectivity index (χ3v) is 5.86. The number of carbonyl (C=O) groups excluding carboxylic acids is 1. The second kappa shape index (κ2) is 10.3. The SMILES string of the molecule is Cc1cc(CCCC(=O)N2CCCC(c3cccc(Nc4cnccn4)n3)C2)ccc1F. The summed E-state index contributed by atoms with van der Waals surface area (Å²) in [5.41, 5.74) is 2.71. The second-order valence-electron chi connectivity index (χ2n) is 8.28. The number of halogens is 1. The molecule has 7 heteroatoms. The molecule has 0 radical (unpaired) electrons. The van der Waals surface area contributed by atoms with Crippen LogP contribution in [0.2, 0.25) is 0 Å². The van der Waals surface area contributed by atoms with E-state index < -0.39 is 0 Å². The van der Waals surface area contributed by atoms with Crippen LogP contribution >= 0.6 is 0 Å².